The van der Waals surface area contributed by atoms with E-state index in [1.165, 1.54) is 0 Å². The van der Waals surface area contributed by atoms with E-state index in [1.54, 1.807) is 7.11 Å². The first-order chi connectivity index (χ1) is 7.24. The van der Waals surface area contributed by atoms with Gasteiger partial charge >= 0.3 is 0 Å². The smallest absolute Gasteiger partial charge is 0.223 e. The Morgan fingerprint density at radius 2 is 2.13 bits per heavy atom. The Morgan fingerprint density at radius 3 is 2.80 bits per heavy atom. The third-order valence-electron chi connectivity index (χ3n) is 2.29. The lowest BCUT2D eigenvalue weighted by atomic mass is 10.1. The topological polar surface area (TPSA) is 35.0 Å². The molecule has 78 valence electrons. The highest BCUT2D eigenvalue weighted by Gasteiger charge is 2.05. The molecule has 1 heterocycles. The summed E-state index contributed by atoms with van der Waals surface area (Å²) < 4.78 is 5.16. The van der Waals surface area contributed by atoms with Gasteiger partial charge in [-0.15, -0.1) is 0 Å². The molecule has 0 aliphatic heterocycles. The molecule has 3 nitrogen and oxygen atoms in total. The second-order valence-electron chi connectivity index (χ2n) is 3.18. The highest BCUT2D eigenvalue weighted by atomic mass is 35.5. The summed E-state index contributed by atoms with van der Waals surface area (Å²) in [5.74, 6) is 0.808. The van der Waals surface area contributed by atoms with Crippen molar-refractivity contribution in [3.63, 3.8) is 0 Å². The minimum absolute atomic E-state index is 0.296. The fourth-order valence-corrected chi connectivity index (χ4v) is 1.73. The molecule has 2 aromatic rings. The standard InChI is InChI=1S/C11H11ClN2O/c1-3-9-8-6-7(15-2)4-5-10(8)14-11(12)13-9/h4-6H,3H2,1-2H3. The van der Waals surface area contributed by atoms with Crippen LogP contribution in [0.5, 0.6) is 5.75 Å². The summed E-state index contributed by atoms with van der Waals surface area (Å²) >= 11 is 5.82. The van der Waals surface area contributed by atoms with Gasteiger partial charge in [0.15, 0.2) is 0 Å². The fourth-order valence-electron chi connectivity index (χ4n) is 1.54. The Morgan fingerprint density at radius 1 is 1.33 bits per heavy atom. The van der Waals surface area contributed by atoms with Gasteiger partial charge in [0, 0.05) is 5.39 Å². The molecular weight excluding hydrogens is 212 g/mol. The summed E-state index contributed by atoms with van der Waals surface area (Å²) in [7, 11) is 1.64. The number of hydrogen-bond acceptors (Lipinski definition) is 3. The van der Waals surface area contributed by atoms with Gasteiger partial charge in [-0.25, -0.2) is 9.97 Å². The van der Waals surface area contributed by atoms with E-state index < -0.39 is 0 Å². The molecule has 0 N–H and O–H groups in total. The van der Waals surface area contributed by atoms with Gasteiger partial charge in [0.05, 0.1) is 18.3 Å². The second kappa shape index (κ2) is 4.03. The van der Waals surface area contributed by atoms with Crippen LogP contribution >= 0.6 is 11.6 Å². The van der Waals surface area contributed by atoms with Crippen molar-refractivity contribution in [2.75, 3.05) is 7.11 Å². The largest absolute Gasteiger partial charge is 0.497 e. The van der Waals surface area contributed by atoms with Gasteiger partial charge in [0.1, 0.15) is 5.75 Å². The predicted octanol–water partition coefficient (Wildman–Crippen LogP) is 2.85. The quantitative estimate of drug-likeness (QED) is 0.733. The van der Waals surface area contributed by atoms with Crippen molar-refractivity contribution in [2.24, 2.45) is 0 Å². The normalized spacial score (nSPS) is 10.6. The Hall–Kier alpha value is -1.35. The monoisotopic (exact) mass is 222 g/mol. The minimum atomic E-state index is 0.296. The summed E-state index contributed by atoms with van der Waals surface area (Å²) in [4.78, 5) is 8.35. The maximum absolute atomic E-state index is 5.82. The van der Waals surface area contributed by atoms with E-state index in [0.29, 0.717) is 5.28 Å². The minimum Gasteiger partial charge on any atom is -0.497 e. The lowest BCUT2D eigenvalue weighted by molar-refractivity contribution is 0.415. The molecule has 0 unspecified atom stereocenters. The van der Waals surface area contributed by atoms with Gasteiger partial charge in [-0.1, -0.05) is 6.92 Å². The van der Waals surface area contributed by atoms with E-state index in [2.05, 4.69) is 9.97 Å². The van der Waals surface area contributed by atoms with Crippen molar-refractivity contribution in [1.82, 2.24) is 9.97 Å². The summed E-state index contributed by atoms with van der Waals surface area (Å²) in [6.45, 7) is 2.04. The van der Waals surface area contributed by atoms with Crippen molar-refractivity contribution >= 4 is 22.5 Å². The fraction of sp³-hybridized carbons (Fsp3) is 0.273. The van der Waals surface area contributed by atoms with Gasteiger partial charge in [0.25, 0.3) is 0 Å². The van der Waals surface area contributed by atoms with Crippen LogP contribution in [0.25, 0.3) is 10.9 Å². The summed E-state index contributed by atoms with van der Waals surface area (Å²) in [5.41, 5.74) is 1.80. The first-order valence-electron chi connectivity index (χ1n) is 4.74. The van der Waals surface area contributed by atoms with Crippen LogP contribution in [0.1, 0.15) is 12.6 Å². The molecule has 0 saturated heterocycles. The molecule has 0 fully saturated rings. The van der Waals surface area contributed by atoms with E-state index in [-0.39, 0.29) is 0 Å². The second-order valence-corrected chi connectivity index (χ2v) is 3.51. The molecule has 0 spiro atoms. The van der Waals surface area contributed by atoms with Crippen LogP contribution in [0.15, 0.2) is 18.2 Å². The van der Waals surface area contributed by atoms with Crippen molar-refractivity contribution < 1.29 is 4.74 Å². The maximum atomic E-state index is 5.82. The van der Waals surface area contributed by atoms with E-state index >= 15 is 0 Å². The number of halogens is 1. The average molecular weight is 223 g/mol. The van der Waals surface area contributed by atoms with Crippen molar-refractivity contribution in [1.29, 1.82) is 0 Å². The molecule has 0 saturated carbocycles. The first kappa shape index (κ1) is 10.2. The van der Waals surface area contributed by atoms with Crippen LogP contribution in [-0.4, -0.2) is 17.1 Å². The average Bonchev–Trinajstić information content (AvgIpc) is 2.27. The number of ether oxygens (including phenoxy) is 1. The lowest BCUT2D eigenvalue weighted by Gasteiger charge is -2.05. The molecule has 2 rings (SSSR count). The summed E-state index contributed by atoms with van der Waals surface area (Å²) in [6.07, 6.45) is 0.825. The van der Waals surface area contributed by atoms with Gasteiger partial charge in [-0.2, -0.15) is 0 Å². The number of methoxy groups -OCH3 is 1. The van der Waals surface area contributed by atoms with Crippen molar-refractivity contribution in [3.8, 4) is 5.75 Å². The zero-order valence-electron chi connectivity index (χ0n) is 8.62. The van der Waals surface area contributed by atoms with Gasteiger partial charge in [-0.05, 0) is 36.2 Å². The third kappa shape index (κ3) is 1.88. The molecule has 0 amide bonds. The zero-order valence-corrected chi connectivity index (χ0v) is 9.38. The van der Waals surface area contributed by atoms with E-state index in [1.807, 2.05) is 25.1 Å². The Kier molecular flexibility index (Phi) is 2.73. The molecule has 4 heteroatoms. The third-order valence-corrected chi connectivity index (χ3v) is 2.46. The number of benzene rings is 1. The first-order valence-corrected chi connectivity index (χ1v) is 5.12. The molecule has 0 bridgehead atoms. The van der Waals surface area contributed by atoms with Crippen LogP contribution in [0.2, 0.25) is 5.28 Å². The van der Waals surface area contributed by atoms with Crippen LogP contribution < -0.4 is 4.74 Å². The molecule has 15 heavy (non-hydrogen) atoms. The van der Waals surface area contributed by atoms with Gasteiger partial charge in [0.2, 0.25) is 5.28 Å². The Bertz CT molecular complexity index is 499. The van der Waals surface area contributed by atoms with Crippen LogP contribution in [-0.2, 0) is 6.42 Å². The molecule has 1 aromatic carbocycles. The van der Waals surface area contributed by atoms with Crippen LogP contribution in [0.4, 0.5) is 0 Å². The number of aryl methyl sites for hydroxylation is 1. The number of aromatic nitrogens is 2. The Labute approximate surface area is 93.1 Å². The van der Waals surface area contributed by atoms with E-state index in [4.69, 9.17) is 16.3 Å². The number of nitrogens with zero attached hydrogens (tertiary/aromatic N) is 2. The highest BCUT2D eigenvalue weighted by Crippen LogP contribution is 2.23. The number of hydrogen-bond donors (Lipinski definition) is 0. The van der Waals surface area contributed by atoms with E-state index in [9.17, 15) is 0 Å². The van der Waals surface area contributed by atoms with Crippen LogP contribution in [0, 0.1) is 0 Å². The lowest BCUT2D eigenvalue weighted by Crippen LogP contribution is -1.94. The van der Waals surface area contributed by atoms with E-state index in [0.717, 1.165) is 28.8 Å². The molecular formula is C11H11ClN2O. The molecule has 0 aliphatic rings. The SMILES string of the molecule is CCc1nc(Cl)nc2ccc(OC)cc12. The highest BCUT2D eigenvalue weighted by molar-refractivity contribution is 6.28. The van der Waals surface area contributed by atoms with Crippen molar-refractivity contribution in [2.45, 2.75) is 13.3 Å². The summed E-state index contributed by atoms with van der Waals surface area (Å²) in [6, 6.07) is 5.69. The molecule has 0 atom stereocenters. The maximum Gasteiger partial charge on any atom is 0.223 e. The number of rotatable bonds is 2. The van der Waals surface area contributed by atoms with Crippen LogP contribution in [0.3, 0.4) is 0 Å². The van der Waals surface area contributed by atoms with Gasteiger partial charge in [-0.3, -0.25) is 0 Å². The summed E-state index contributed by atoms with van der Waals surface area (Å²) in [5, 5.41) is 1.30. The van der Waals surface area contributed by atoms with Gasteiger partial charge < -0.3 is 4.74 Å². The Balaban J connectivity index is 2.73. The molecule has 0 aliphatic carbocycles. The zero-order chi connectivity index (χ0) is 10.8. The molecule has 1 aromatic heterocycles. The van der Waals surface area contributed by atoms with Crippen molar-refractivity contribution in [3.05, 3.63) is 29.2 Å². The molecule has 0 radical (unpaired) electrons. The predicted molar refractivity (Wildman–Crippen MR) is 60.5 cm³/mol. The number of fused-ring (bicyclic) bond motifs is 1.